The van der Waals surface area contributed by atoms with Gasteiger partial charge in [-0.15, -0.1) is 0 Å². The zero-order valence-electron chi connectivity index (χ0n) is 22.5. The van der Waals surface area contributed by atoms with Crippen molar-refractivity contribution in [3.8, 4) is 5.69 Å². The average molecular weight is 629 g/mol. The van der Waals surface area contributed by atoms with Crippen molar-refractivity contribution in [3.63, 3.8) is 0 Å². The van der Waals surface area contributed by atoms with Crippen LogP contribution in [0.15, 0.2) is 106 Å². The molecule has 0 fully saturated rings. The van der Waals surface area contributed by atoms with Crippen LogP contribution in [0.4, 0.5) is 5.82 Å². The number of nitrogens with one attached hydrogen (secondary N) is 2. The Morgan fingerprint density at radius 2 is 1.73 bits per heavy atom. The van der Waals surface area contributed by atoms with Crippen LogP contribution in [0, 0.1) is 6.92 Å². The lowest BCUT2D eigenvalue weighted by Crippen LogP contribution is -2.37. The second-order valence-electron chi connectivity index (χ2n) is 10.3. The number of aromatic nitrogens is 3. The van der Waals surface area contributed by atoms with E-state index in [1.54, 1.807) is 23.0 Å². The summed E-state index contributed by atoms with van der Waals surface area (Å²) in [5.74, 6) is -0.633. The molecule has 2 unspecified atom stereocenters. The normalized spacial score (nSPS) is 18.7. The third-order valence-corrected chi connectivity index (χ3v) is 8.48. The van der Waals surface area contributed by atoms with Crippen molar-refractivity contribution >= 4 is 45.0 Å². The third kappa shape index (κ3) is 5.13. The van der Waals surface area contributed by atoms with E-state index < -0.39 is 5.92 Å². The van der Waals surface area contributed by atoms with Gasteiger partial charge in [-0.3, -0.25) is 9.59 Å². The van der Waals surface area contributed by atoms with Gasteiger partial charge in [0, 0.05) is 45.2 Å². The van der Waals surface area contributed by atoms with Gasteiger partial charge in [0.15, 0.2) is 5.78 Å². The number of rotatable bonds is 5. The van der Waals surface area contributed by atoms with Gasteiger partial charge < -0.3 is 10.6 Å². The highest BCUT2D eigenvalue weighted by atomic mass is 79.9. The smallest absolute Gasteiger partial charge is 0.255 e. The number of carbonyl (C=O) groups is 2. The Morgan fingerprint density at radius 1 is 1.02 bits per heavy atom. The van der Waals surface area contributed by atoms with E-state index in [0.29, 0.717) is 51.9 Å². The number of allylic oxidation sites excluding steroid dienone is 3. The Balaban J connectivity index is 1.48. The summed E-state index contributed by atoms with van der Waals surface area (Å²) in [4.78, 5) is 32.3. The van der Waals surface area contributed by atoms with E-state index in [0.717, 1.165) is 21.4 Å². The molecule has 41 heavy (non-hydrogen) atoms. The van der Waals surface area contributed by atoms with Gasteiger partial charge in [-0.05, 0) is 71.9 Å². The van der Waals surface area contributed by atoms with Crippen molar-refractivity contribution in [2.45, 2.75) is 38.5 Å². The molecule has 9 heteroatoms. The van der Waals surface area contributed by atoms with Crippen LogP contribution in [-0.2, 0) is 9.59 Å². The van der Waals surface area contributed by atoms with Crippen LogP contribution < -0.4 is 10.6 Å². The molecule has 1 amide bonds. The first-order chi connectivity index (χ1) is 19.8. The van der Waals surface area contributed by atoms with E-state index in [9.17, 15) is 9.59 Å². The van der Waals surface area contributed by atoms with Gasteiger partial charge >= 0.3 is 0 Å². The van der Waals surface area contributed by atoms with Gasteiger partial charge in [0.1, 0.15) is 11.0 Å². The molecule has 2 aromatic carbocycles. The van der Waals surface area contributed by atoms with Gasteiger partial charge in [0.2, 0.25) is 0 Å². The average Bonchev–Trinajstić information content (AvgIpc) is 3.27. The molecule has 0 radical (unpaired) electrons. The summed E-state index contributed by atoms with van der Waals surface area (Å²) in [5, 5.41) is 11.5. The van der Waals surface area contributed by atoms with Crippen molar-refractivity contribution < 1.29 is 9.59 Å². The monoisotopic (exact) mass is 627 g/mol. The number of pyridine rings is 1. The van der Waals surface area contributed by atoms with Crippen LogP contribution >= 0.6 is 27.5 Å². The molecule has 6 rings (SSSR count). The fourth-order valence-corrected chi connectivity index (χ4v) is 6.42. The predicted octanol–water partition coefficient (Wildman–Crippen LogP) is 6.99. The fraction of sp³-hybridized carbons (Fsp3) is 0.188. The molecular weight excluding hydrogens is 602 g/mol. The second-order valence-corrected chi connectivity index (χ2v) is 11.6. The SMILES string of the molecule is CC1=C(C(=O)Nc2ccc(Br)cn2)C(c2c(C)nn(-c3ccccc3)c2Cl)C2=C(CC(c3ccccc3)CC2=O)N1. The summed E-state index contributed by atoms with van der Waals surface area (Å²) >= 11 is 10.5. The minimum Gasteiger partial charge on any atom is -0.362 e. The maximum absolute atomic E-state index is 14.0. The number of ketones is 1. The number of anilines is 1. The van der Waals surface area contributed by atoms with Gasteiger partial charge in [0.05, 0.1) is 17.3 Å². The molecule has 2 N–H and O–H groups in total. The van der Waals surface area contributed by atoms with E-state index in [2.05, 4.69) is 43.7 Å². The summed E-state index contributed by atoms with van der Waals surface area (Å²) < 4.78 is 2.46. The zero-order valence-corrected chi connectivity index (χ0v) is 24.8. The summed E-state index contributed by atoms with van der Waals surface area (Å²) in [6, 6.07) is 23.2. The van der Waals surface area contributed by atoms with Gasteiger partial charge in [0.25, 0.3) is 5.91 Å². The van der Waals surface area contributed by atoms with E-state index in [1.165, 1.54) is 0 Å². The number of amides is 1. The number of hydrogen-bond donors (Lipinski definition) is 2. The fourth-order valence-electron chi connectivity index (χ4n) is 5.80. The topological polar surface area (TPSA) is 88.9 Å². The van der Waals surface area contributed by atoms with Crippen molar-refractivity contribution in [1.82, 2.24) is 20.1 Å². The largest absolute Gasteiger partial charge is 0.362 e. The molecule has 1 aliphatic carbocycles. The zero-order chi connectivity index (χ0) is 28.7. The Bertz CT molecular complexity index is 1710. The van der Waals surface area contributed by atoms with Crippen molar-refractivity contribution in [3.05, 3.63) is 128 Å². The summed E-state index contributed by atoms with van der Waals surface area (Å²) in [5.41, 5.74) is 5.65. The first-order valence-electron chi connectivity index (χ1n) is 13.3. The number of para-hydroxylation sites is 1. The van der Waals surface area contributed by atoms with Crippen LogP contribution in [0.3, 0.4) is 0 Å². The van der Waals surface area contributed by atoms with Crippen LogP contribution in [0.1, 0.15) is 48.4 Å². The quantitative estimate of drug-likeness (QED) is 0.249. The lowest BCUT2D eigenvalue weighted by molar-refractivity contribution is -0.116. The molecule has 4 aromatic rings. The Morgan fingerprint density at radius 3 is 2.41 bits per heavy atom. The number of dihydropyridines is 1. The van der Waals surface area contributed by atoms with E-state index in [1.807, 2.05) is 62.4 Å². The molecule has 3 heterocycles. The molecule has 2 aliphatic rings. The number of halogens is 2. The Labute approximate surface area is 251 Å². The molecule has 2 atom stereocenters. The minimum absolute atomic E-state index is 0.0138. The first kappa shape index (κ1) is 27.2. The number of carbonyl (C=O) groups excluding carboxylic acids is 2. The summed E-state index contributed by atoms with van der Waals surface area (Å²) in [6.45, 7) is 3.73. The highest BCUT2D eigenvalue weighted by Crippen LogP contribution is 2.48. The maximum atomic E-state index is 14.0. The molecule has 0 spiro atoms. The molecule has 7 nitrogen and oxygen atoms in total. The molecule has 0 saturated heterocycles. The molecule has 206 valence electrons. The summed E-state index contributed by atoms with van der Waals surface area (Å²) in [6.07, 6.45) is 2.60. The molecule has 0 bridgehead atoms. The molecule has 0 saturated carbocycles. The van der Waals surface area contributed by atoms with Crippen molar-refractivity contribution in [1.29, 1.82) is 0 Å². The number of Topliss-reactive ketones (excluding diaryl/α,β-unsaturated/α-hetero) is 1. The van der Waals surface area contributed by atoms with Crippen LogP contribution in [0.25, 0.3) is 5.69 Å². The third-order valence-electron chi connectivity index (χ3n) is 7.65. The Hall–Kier alpha value is -4.01. The maximum Gasteiger partial charge on any atom is 0.255 e. The van der Waals surface area contributed by atoms with Crippen LogP contribution in [0.5, 0.6) is 0 Å². The van der Waals surface area contributed by atoms with Crippen LogP contribution in [0.2, 0.25) is 5.15 Å². The van der Waals surface area contributed by atoms with Gasteiger partial charge in [-0.25, -0.2) is 9.67 Å². The van der Waals surface area contributed by atoms with E-state index >= 15 is 0 Å². The molecular formula is C32H27BrClN5O2. The number of benzene rings is 2. The van der Waals surface area contributed by atoms with Crippen molar-refractivity contribution in [2.75, 3.05) is 5.32 Å². The lowest BCUT2D eigenvalue weighted by atomic mass is 9.71. The van der Waals surface area contributed by atoms with Crippen molar-refractivity contribution in [2.24, 2.45) is 0 Å². The summed E-state index contributed by atoms with van der Waals surface area (Å²) in [7, 11) is 0. The van der Waals surface area contributed by atoms with Gasteiger partial charge in [-0.2, -0.15) is 5.10 Å². The number of aryl methyl sites for hydroxylation is 1. The first-order valence-corrected chi connectivity index (χ1v) is 14.5. The van der Waals surface area contributed by atoms with E-state index in [-0.39, 0.29) is 17.6 Å². The highest BCUT2D eigenvalue weighted by molar-refractivity contribution is 9.10. The number of hydrogen-bond acceptors (Lipinski definition) is 5. The lowest BCUT2D eigenvalue weighted by Gasteiger charge is -2.37. The predicted molar refractivity (Wildman–Crippen MR) is 163 cm³/mol. The molecule has 2 aromatic heterocycles. The number of nitrogens with zero attached hydrogens (tertiary/aromatic N) is 3. The highest BCUT2D eigenvalue weighted by Gasteiger charge is 2.43. The Kier molecular flexibility index (Phi) is 7.36. The minimum atomic E-state index is -0.698. The van der Waals surface area contributed by atoms with Crippen LogP contribution in [-0.4, -0.2) is 26.5 Å². The second kappa shape index (κ2) is 11.1. The molecule has 1 aliphatic heterocycles. The van der Waals surface area contributed by atoms with E-state index in [4.69, 9.17) is 16.7 Å². The standard InChI is InChI=1S/C32H27BrClN5O2/c1-18-28(32(41)37-26-14-13-22(33)17-35-26)30(27-19(2)38-39(31(27)34)23-11-7-4-8-12-23)29-24(36-18)15-21(16-25(29)40)20-9-5-3-6-10-20/h3-14,17,21,30,36H,15-16H2,1-2H3,(H,35,37,41). The van der Waals surface area contributed by atoms with Gasteiger partial charge in [-0.1, -0.05) is 60.1 Å².